The maximum Gasteiger partial charge on any atom is 0.331 e. The molecule has 0 spiro atoms. The van der Waals surface area contributed by atoms with Gasteiger partial charge in [-0.2, -0.15) is 0 Å². The minimum Gasteiger partial charge on any atom is -0.493 e. The minimum atomic E-state index is -1.13. The summed E-state index contributed by atoms with van der Waals surface area (Å²) in [4.78, 5) is 35.8. The molecule has 0 unspecified atom stereocenters. The first kappa shape index (κ1) is 22.5. The van der Waals surface area contributed by atoms with Crippen LogP contribution in [0, 0.1) is 0 Å². The largest absolute Gasteiger partial charge is 0.493 e. The van der Waals surface area contributed by atoms with E-state index in [2.05, 4.69) is 10.6 Å². The van der Waals surface area contributed by atoms with Crippen LogP contribution in [0.25, 0.3) is 6.08 Å². The molecule has 1 aromatic carbocycles. The number of esters is 1. The Morgan fingerprint density at radius 2 is 1.86 bits per heavy atom. The first-order chi connectivity index (χ1) is 13.8. The van der Waals surface area contributed by atoms with Gasteiger partial charge in [-0.25, -0.2) is 9.59 Å². The van der Waals surface area contributed by atoms with Gasteiger partial charge in [-0.05, 0) is 43.5 Å². The third-order valence-electron chi connectivity index (χ3n) is 4.46. The van der Waals surface area contributed by atoms with Crippen LogP contribution in [-0.2, 0) is 14.3 Å². The van der Waals surface area contributed by atoms with Crippen molar-refractivity contribution in [2.75, 3.05) is 14.2 Å². The number of nitrogens with one attached hydrogen (secondary N) is 2. The predicted molar refractivity (Wildman–Crippen MR) is 108 cm³/mol. The lowest BCUT2D eigenvalue weighted by molar-refractivity contribution is -0.149. The number of ether oxygens (including phenoxy) is 3. The van der Waals surface area contributed by atoms with Gasteiger partial charge in [0.25, 0.3) is 5.91 Å². The first-order valence-corrected chi connectivity index (χ1v) is 9.63. The van der Waals surface area contributed by atoms with Crippen molar-refractivity contribution in [2.45, 2.75) is 44.8 Å². The summed E-state index contributed by atoms with van der Waals surface area (Å²) in [5, 5.41) is 5.23. The van der Waals surface area contributed by atoms with Crippen molar-refractivity contribution in [2.24, 2.45) is 0 Å². The number of benzene rings is 1. The molecule has 1 aromatic rings. The van der Waals surface area contributed by atoms with Crippen LogP contribution >= 0.6 is 11.6 Å². The van der Waals surface area contributed by atoms with E-state index in [-0.39, 0.29) is 6.04 Å². The summed E-state index contributed by atoms with van der Waals surface area (Å²) in [6.45, 7) is 1.39. The van der Waals surface area contributed by atoms with Crippen LogP contribution in [0.3, 0.4) is 0 Å². The van der Waals surface area contributed by atoms with Crippen LogP contribution in [0.15, 0.2) is 18.2 Å². The highest BCUT2D eigenvalue weighted by atomic mass is 35.5. The molecule has 0 heterocycles. The standard InChI is InChI=1S/C20H25ClN2O6/c1-12(19(25)23-20(26)22-14-6-4-5-7-14)29-17(24)9-8-13-10-15(21)18(28-3)16(11-13)27-2/h8-12,14H,4-7H2,1-3H3,(H2,22,23,25,26)/b9-8+/t12-/m0/s1. The predicted octanol–water partition coefficient (Wildman–Crippen LogP) is 3.07. The Kier molecular flexibility index (Phi) is 8.33. The van der Waals surface area contributed by atoms with E-state index in [0.717, 1.165) is 31.8 Å². The molecule has 158 valence electrons. The third kappa shape index (κ3) is 6.67. The summed E-state index contributed by atoms with van der Waals surface area (Å²) in [6, 6.07) is 2.73. The average Bonchev–Trinajstić information content (AvgIpc) is 3.18. The fourth-order valence-electron chi connectivity index (χ4n) is 2.97. The first-order valence-electron chi connectivity index (χ1n) is 9.25. The van der Waals surface area contributed by atoms with Crippen molar-refractivity contribution in [3.63, 3.8) is 0 Å². The number of urea groups is 1. The molecular formula is C20H25ClN2O6. The molecule has 0 aromatic heterocycles. The van der Waals surface area contributed by atoms with Crippen LogP contribution in [0.1, 0.15) is 38.2 Å². The zero-order valence-electron chi connectivity index (χ0n) is 16.6. The van der Waals surface area contributed by atoms with Gasteiger partial charge in [-0.1, -0.05) is 24.4 Å². The van der Waals surface area contributed by atoms with Crippen molar-refractivity contribution in [3.8, 4) is 11.5 Å². The molecule has 3 amide bonds. The smallest absolute Gasteiger partial charge is 0.331 e. The summed E-state index contributed by atoms with van der Waals surface area (Å²) >= 11 is 6.12. The Morgan fingerprint density at radius 1 is 1.17 bits per heavy atom. The van der Waals surface area contributed by atoms with Gasteiger partial charge in [0, 0.05) is 12.1 Å². The third-order valence-corrected chi connectivity index (χ3v) is 4.74. The summed E-state index contributed by atoms with van der Waals surface area (Å²) in [5.41, 5.74) is 0.581. The number of methoxy groups -OCH3 is 2. The number of imide groups is 1. The van der Waals surface area contributed by atoms with Gasteiger partial charge in [0.2, 0.25) is 0 Å². The van der Waals surface area contributed by atoms with E-state index >= 15 is 0 Å². The molecule has 29 heavy (non-hydrogen) atoms. The van der Waals surface area contributed by atoms with Crippen molar-refractivity contribution in [1.29, 1.82) is 0 Å². The van der Waals surface area contributed by atoms with Gasteiger partial charge in [-0.3, -0.25) is 10.1 Å². The Labute approximate surface area is 174 Å². The maximum atomic E-state index is 12.0. The van der Waals surface area contributed by atoms with E-state index in [1.165, 1.54) is 27.2 Å². The number of carbonyl (C=O) groups excluding carboxylic acids is 3. The highest BCUT2D eigenvalue weighted by Crippen LogP contribution is 2.36. The Bertz CT molecular complexity index is 789. The number of carbonyl (C=O) groups is 3. The quantitative estimate of drug-likeness (QED) is 0.515. The highest BCUT2D eigenvalue weighted by Gasteiger charge is 2.22. The Balaban J connectivity index is 1.88. The second-order valence-electron chi connectivity index (χ2n) is 6.59. The van der Waals surface area contributed by atoms with E-state index in [9.17, 15) is 14.4 Å². The molecule has 0 bridgehead atoms. The van der Waals surface area contributed by atoms with Crippen molar-refractivity contribution >= 4 is 35.6 Å². The molecule has 1 aliphatic rings. The van der Waals surface area contributed by atoms with Crippen LogP contribution < -0.4 is 20.1 Å². The fraction of sp³-hybridized carbons (Fsp3) is 0.450. The van der Waals surface area contributed by atoms with Crippen LogP contribution in [0.2, 0.25) is 5.02 Å². The molecule has 8 nitrogen and oxygen atoms in total. The molecule has 1 atom stereocenters. The topological polar surface area (TPSA) is 103 Å². The number of amides is 3. The maximum absolute atomic E-state index is 12.0. The average molecular weight is 425 g/mol. The summed E-state index contributed by atoms with van der Waals surface area (Å²) < 4.78 is 15.4. The molecule has 1 aliphatic carbocycles. The van der Waals surface area contributed by atoms with Crippen LogP contribution in [-0.4, -0.2) is 44.3 Å². The van der Waals surface area contributed by atoms with Crippen molar-refractivity contribution < 1.29 is 28.6 Å². The number of halogens is 1. The van der Waals surface area contributed by atoms with Crippen molar-refractivity contribution in [3.05, 3.63) is 28.8 Å². The van der Waals surface area contributed by atoms with Crippen LogP contribution in [0.5, 0.6) is 11.5 Å². The molecule has 1 fully saturated rings. The highest BCUT2D eigenvalue weighted by molar-refractivity contribution is 6.32. The molecule has 2 rings (SSSR count). The molecule has 1 saturated carbocycles. The summed E-state index contributed by atoms with van der Waals surface area (Å²) in [5.74, 6) is -0.643. The number of hydrogen-bond acceptors (Lipinski definition) is 6. The fourth-order valence-corrected chi connectivity index (χ4v) is 3.27. The monoisotopic (exact) mass is 424 g/mol. The van der Waals surface area contributed by atoms with E-state index in [1.807, 2.05) is 0 Å². The molecule has 9 heteroatoms. The van der Waals surface area contributed by atoms with Crippen LogP contribution in [0.4, 0.5) is 4.79 Å². The second-order valence-corrected chi connectivity index (χ2v) is 7.00. The molecule has 2 N–H and O–H groups in total. The molecular weight excluding hydrogens is 400 g/mol. The van der Waals surface area contributed by atoms with Gasteiger partial charge in [-0.15, -0.1) is 0 Å². The second kappa shape index (κ2) is 10.7. The number of hydrogen-bond donors (Lipinski definition) is 2. The lowest BCUT2D eigenvalue weighted by Gasteiger charge is -2.15. The normalized spacial score (nSPS) is 15.0. The molecule has 0 radical (unpaired) electrons. The van der Waals surface area contributed by atoms with E-state index in [1.54, 1.807) is 12.1 Å². The van der Waals surface area contributed by atoms with Gasteiger partial charge < -0.3 is 19.5 Å². The van der Waals surface area contributed by atoms with E-state index < -0.39 is 24.0 Å². The lowest BCUT2D eigenvalue weighted by Crippen LogP contribution is -2.47. The molecule has 0 aliphatic heterocycles. The summed E-state index contributed by atoms with van der Waals surface area (Å²) in [6.07, 6.45) is 5.41. The molecule has 0 saturated heterocycles. The van der Waals surface area contributed by atoms with Gasteiger partial charge >= 0.3 is 12.0 Å². The van der Waals surface area contributed by atoms with Gasteiger partial charge in [0.1, 0.15) is 0 Å². The SMILES string of the molecule is COc1cc(/C=C/C(=O)O[C@@H](C)C(=O)NC(=O)NC2CCCC2)cc(Cl)c1OC. The Hall–Kier alpha value is -2.74. The van der Waals surface area contributed by atoms with Crippen molar-refractivity contribution in [1.82, 2.24) is 10.6 Å². The van der Waals surface area contributed by atoms with E-state index in [4.69, 9.17) is 25.8 Å². The zero-order chi connectivity index (χ0) is 21.4. The number of rotatable bonds is 7. The van der Waals surface area contributed by atoms with E-state index in [0.29, 0.717) is 22.1 Å². The van der Waals surface area contributed by atoms with Gasteiger partial charge in [0.05, 0.1) is 19.2 Å². The van der Waals surface area contributed by atoms with Gasteiger partial charge in [0.15, 0.2) is 17.6 Å². The lowest BCUT2D eigenvalue weighted by atomic mass is 10.2. The minimum absolute atomic E-state index is 0.0805. The summed E-state index contributed by atoms with van der Waals surface area (Å²) in [7, 11) is 2.94. The Morgan fingerprint density at radius 3 is 2.48 bits per heavy atom. The zero-order valence-corrected chi connectivity index (χ0v) is 17.4.